The Labute approximate surface area is 133 Å². The maximum atomic E-state index is 13.4. The third-order valence-electron chi connectivity index (χ3n) is 5.40. The van der Waals surface area contributed by atoms with Crippen LogP contribution in [0.25, 0.3) is 0 Å². The highest BCUT2D eigenvalue weighted by molar-refractivity contribution is 7.85. The molecule has 0 unspecified atom stereocenters. The van der Waals surface area contributed by atoms with Crippen molar-refractivity contribution >= 4 is 10.0 Å². The minimum Gasteiger partial charge on any atom is -0.339 e. The molecule has 22 heavy (non-hydrogen) atoms. The first-order chi connectivity index (χ1) is 10.5. The quantitative estimate of drug-likeness (QED) is 0.845. The highest BCUT2D eigenvalue weighted by Crippen LogP contribution is 2.36. The number of piperidine rings is 2. The van der Waals surface area contributed by atoms with Crippen LogP contribution in [0.1, 0.15) is 32.6 Å². The molecule has 1 N–H and O–H groups in total. The molecule has 124 valence electrons. The lowest BCUT2D eigenvalue weighted by atomic mass is 9.95. The summed E-state index contributed by atoms with van der Waals surface area (Å²) in [5.74, 6) is 0.617. The van der Waals surface area contributed by atoms with Gasteiger partial charge in [0.15, 0.2) is 0 Å². The van der Waals surface area contributed by atoms with E-state index in [1.807, 2.05) is 7.05 Å². The molecular formula is C15H27N4O2S+. The molecule has 0 amide bonds. The Morgan fingerprint density at radius 2 is 1.86 bits per heavy atom. The van der Waals surface area contributed by atoms with E-state index in [-0.39, 0.29) is 15.0 Å². The van der Waals surface area contributed by atoms with Crippen LogP contribution < -0.4 is 5.32 Å². The lowest BCUT2D eigenvalue weighted by Crippen LogP contribution is -2.64. The third kappa shape index (κ3) is 2.59. The zero-order valence-corrected chi connectivity index (χ0v) is 14.3. The summed E-state index contributed by atoms with van der Waals surface area (Å²) in [6.07, 6.45) is 7.06. The molecule has 0 bridgehead atoms. The molecule has 2 saturated heterocycles. The summed E-state index contributed by atoms with van der Waals surface area (Å²) in [6.45, 7) is 5.51. The maximum absolute atomic E-state index is 13.4. The fourth-order valence-electron chi connectivity index (χ4n) is 3.92. The molecule has 0 saturated carbocycles. The first kappa shape index (κ1) is 16.0. The minimum atomic E-state index is -3.45. The van der Waals surface area contributed by atoms with Crippen LogP contribution in [0.15, 0.2) is 17.6 Å². The molecule has 3 rings (SSSR count). The standard InChI is InChI=1S/C15H27N4O2S/c1-13-5-9-19(10-6-13,14-3-7-16-8-4-14)22(20,21)15-11-18(2)12-17-15/h11-14,16H,3-10H2,1-2H3/q+1. The van der Waals surface area contributed by atoms with Crippen molar-refractivity contribution in [1.82, 2.24) is 14.9 Å². The van der Waals surface area contributed by atoms with Crippen molar-refractivity contribution in [1.29, 1.82) is 0 Å². The van der Waals surface area contributed by atoms with Crippen molar-refractivity contribution in [2.24, 2.45) is 13.0 Å². The van der Waals surface area contributed by atoms with E-state index in [9.17, 15) is 8.42 Å². The van der Waals surface area contributed by atoms with Crippen LogP contribution in [-0.2, 0) is 17.1 Å². The molecule has 6 nitrogen and oxygen atoms in total. The first-order valence-electron chi connectivity index (χ1n) is 8.26. The van der Waals surface area contributed by atoms with Crippen LogP contribution in [0.4, 0.5) is 0 Å². The number of hydrogen-bond donors (Lipinski definition) is 1. The molecule has 0 aliphatic carbocycles. The smallest absolute Gasteiger partial charge is 0.339 e. The van der Waals surface area contributed by atoms with Crippen LogP contribution in [0.3, 0.4) is 0 Å². The second-order valence-electron chi connectivity index (χ2n) is 6.92. The minimum absolute atomic E-state index is 0.195. The van der Waals surface area contributed by atoms with E-state index < -0.39 is 10.0 Å². The van der Waals surface area contributed by atoms with Crippen molar-refractivity contribution in [2.75, 3.05) is 26.2 Å². The van der Waals surface area contributed by atoms with Crippen molar-refractivity contribution in [3.05, 3.63) is 12.5 Å². The number of nitrogens with one attached hydrogen (secondary N) is 1. The fraction of sp³-hybridized carbons (Fsp3) is 0.800. The predicted octanol–water partition coefficient (Wildman–Crippen LogP) is 1.11. The number of aromatic nitrogens is 2. The number of quaternary nitrogens is 1. The number of aryl methyl sites for hydroxylation is 1. The number of rotatable bonds is 3. The lowest BCUT2D eigenvalue weighted by molar-refractivity contribution is -0.841. The van der Waals surface area contributed by atoms with Gasteiger partial charge in [0.05, 0.1) is 19.4 Å². The van der Waals surface area contributed by atoms with Gasteiger partial charge in [0.1, 0.15) is 6.04 Å². The first-order valence-corrected chi connectivity index (χ1v) is 9.70. The van der Waals surface area contributed by atoms with Crippen LogP contribution in [0.5, 0.6) is 0 Å². The van der Waals surface area contributed by atoms with Gasteiger partial charge in [-0.25, -0.2) is 8.87 Å². The normalized spacial score (nSPS) is 31.3. The largest absolute Gasteiger partial charge is 0.346 e. The van der Waals surface area contributed by atoms with Gasteiger partial charge in [0.25, 0.3) is 0 Å². The molecule has 0 spiro atoms. The number of imidazole rings is 1. The van der Waals surface area contributed by atoms with Gasteiger partial charge in [0, 0.05) is 52.0 Å². The van der Waals surface area contributed by atoms with Gasteiger partial charge in [-0.3, -0.25) is 0 Å². The Kier molecular flexibility index (Phi) is 4.31. The number of hydrogen-bond acceptors (Lipinski definition) is 4. The van der Waals surface area contributed by atoms with E-state index in [0.717, 1.165) is 51.9 Å². The summed E-state index contributed by atoms with van der Waals surface area (Å²) in [7, 11) is -1.63. The number of sulfonamides is 1. The summed E-state index contributed by atoms with van der Waals surface area (Å²) in [6, 6.07) is 0.195. The fourth-order valence-corrected chi connectivity index (χ4v) is 6.07. The lowest BCUT2D eigenvalue weighted by Gasteiger charge is -2.47. The Balaban J connectivity index is 2.01. The molecule has 0 aromatic carbocycles. The molecule has 3 heterocycles. The molecule has 2 fully saturated rings. The van der Waals surface area contributed by atoms with Crippen LogP contribution in [-0.4, -0.2) is 54.1 Å². The molecule has 2 aliphatic rings. The summed E-state index contributed by atoms with van der Waals surface area (Å²) in [5, 5.41) is 3.59. The third-order valence-corrected chi connectivity index (χ3v) is 7.76. The van der Waals surface area contributed by atoms with E-state index >= 15 is 0 Å². The topological polar surface area (TPSA) is 64.0 Å². The molecule has 7 heteroatoms. The molecule has 0 radical (unpaired) electrons. The van der Waals surface area contributed by atoms with Gasteiger partial charge in [-0.2, -0.15) is 8.42 Å². The Morgan fingerprint density at radius 3 is 2.41 bits per heavy atom. The monoisotopic (exact) mass is 327 g/mol. The highest BCUT2D eigenvalue weighted by atomic mass is 32.2. The van der Waals surface area contributed by atoms with E-state index in [4.69, 9.17) is 0 Å². The van der Waals surface area contributed by atoms with Crippen LogP contribution in [0.2, 0.25) is 0 Å². The van der Waals surface area contributed by atoms with Gasteiger partial charge < -0.3 is 9.88 Å². The SMILES string of the molecule is CC1CC[N+](C2CCNCC2)(S(=O)(=O)c2cn(C)cn2)CC1. The molecule has 1 aromatic rings. The van der Waals surface area contributed by atoms with Gasteiger partial charge in [-0.05, 0) is 5.92 Å². The molecule has 0 atom stereocenters. The van der Waals surface area contributed by atoms with Gasteiger partial charge in [-0.15, -0.1) is 0 Å². The Hall–Kier alpha value is -0.920. The molecular weight excluding hydrogens is 300 g/mol. The van der Waals surface area contributed by atoms with E-state index in [0.29, 0.717) is 5.92 Å². The van der Waals surface area contributed by atoms with Crippen molar-refractivity contribution in [3.8, 4) is 0 Å². The van der Waals surface area contributed by atoms with E-state index in [1.165, 1.54) is 0 Å². The summed E-state index contributed by atoms with van der Waals surface area (Å²) in [4.78, 5) is 4.17. The van der Waals surface area contributed by atoms with Gasteiger partial charge >= 0.3 is 10.0 Å². The van der Waals surface area contributed by atoms with Crippen molar-refractivity contribution in [3.63, 3.8) is 0 Å². The van der Waals surface area contributed by atoms with Gasteiger partial charge in [-0.1, -0.05) is 6.92 Å². The van der Waals surface area contributed by atoms with E-state index in [2.05, 4.69) is 17.2 Å². The number of likely N-dealkylation sites (tertiary alicyclic amines) is 1. The Bertz CT molecular complexity index is 611. The summed E-state index contributed by atoms with van der Waals surface area (Å²) in [5.41, 5.74) is 0. The highest BCUT2D eigenvalue weighted by Gasteiger charge is 2.51. The van der Waals surface area contributed by atoms with Gasteiger partial charge in [0.2, 0.25) is 5.03 Å². The predicted molar refractivity (Wildman–Crippen MR) is 84.7 cm³/mol. The molecule has 2 aliphatic heterocycles. The zero-order chi connectivity index (χ0) is 15.8. The number of nitrogens with zero attached hydrogens (tertiary/aromatic N) is 3. The second-order valence-corrected chi connectivity index (χ2v) is 9.01. The van der Waals surface area contributed by atoms with Crippen LogP contribution >= 0.6 is 0 Å². The van der Waals surface area contributed by atoms with Crippen LogP contribution in [0, 0.1) is 5.92 Å². The summed E-state index contributed by atoms with van der Waals surface area (Å²) >= 11 is 0. The van der Waals surface area contributed by atoms with Crippen molar-refractivity contribution < 1.29 is 12.3 Å². The van der Waals surface area contributed by atoms with E-state index in [1.54, 1.807) is 17.1 Å². The second kappa shape index (κ2) is 5.94. The molecule has 1 aromatic heterocycles. The Morgan fingerprint density at radius 1 is 1.23 bits per heavy atom. The van der Waals surface area contributed by atoms with Crippen molar-refractivity contribution in [2.45, 2.75) is 43.7 Å². The average Bonchev–Trinajstić information content (AvgIpc) is 2.96. The maximum Gasteiger partial charge on any atom is 0.346 e. The summed E-state index contributed by atoms with van der Waals surface area (Å²) < 4.78 is 28.7. The average molecular weight is 327 g/mol. The zero-order valence-electron chi connectivity index (χ0n) is 13.5.